The lowest BCUT2D eigenvalue weighted by atomic mass is 10.2. The van der Waals surface area contributed by atoms with Gasteiger partial charge in [-0.25, -0.2) is 9.59 Å². The zero-order chi connectivity index (χ0) is 13.3. The monoisotopic (exact) mass is 252 g/mol. The van der Waals surface area contributed by atoms with Crippen LogP contribution in [0.3, 0.4) is 0 Å². The van der Waals surface area contributed by atoms with Crippen molar-refractivity contribution in [3.63, 3.8) is 0 Å². The largest absolute Gasteiger partial charge is 0.480 e. The van der Waals surface area contributed by atoms with Gasteiger partial charge in [-0.2, -0.15) is 5.10 Å². The number of carboxylic acid groups (broad SMARTS) is 1. The number of carbonyl (C=O) groups excluding carboxylic acids is 1. The van der Waals surface area contributed by atoms with Gasteiger partial charge in [-0.1, -0.05) is 0 Å². The van der Waals surface area contributed by atoms with Crippen LogP contribution in [-0.4, -0.2) is 32.4 Å². The second-order valence-corrected chi connectivity index (χ2v) is 4.61. The Bertz CT molecular complexity index is 490. The Morgan fingerprint density at radius 1 is 1.56 bits per heavy atom. The molecule has 2 rings (SSSR count). The molecule has 18 heavy (non-hydrogen) atoms. The highest BCUT2D eigenvalue weighted by Gasteiger charge is 2.51. The molecule has 1 aliphatic carbocycles. The van der Waals surface area contributed by atoms with Crippen molar-refractivity contribution in [3.8, 4) is 0 Å². The summed E-state index contributed by atoms with van der Waals surface area (Å²) >= 11 is 0. The van der Waals surface area contributed by atoms with Crippen LogP contribution in [0.4, 0.5) is 4.79 Å². The van der Waals surface area contributed by atoms with E-state index >= 15 is 0 Å². The summed E-state index contributed by atoms with van der Waals surface area (Å²) in [5, 5.41) is 18.2. The number of aryl methyl sites for hydroxylation is 2. The Morgan fingerprint density at radius 3 is 2.67 bits per heavy atom. The molecule has 0 saturated heterocycles. The minimum absolute atomic E-state index is 0.335. The molecule has 1 aromatic rings. The molecule has 0 aliphatic heterocycles. The van der Waals surface area contributed by atoms with Crippen molar-refractivity contribution in [3.05, 3.63) is 17.5 Å². The first-order chi connectivity index (χ1) is 8.43. The van der Waals surface area contributed by atoms with Crippen LogP contribution in [0.1, 0.15) is 24.1 Å². The van der Waals surface area contributed by atoms with E-state index in [1.807, 2.05) is 13.1 Å². The molecule has 1 aromatic heterocycles. The molecule has 1 aliphatic rings. The zero-order valence-corrected chi connectivity index (χ0v) is 10.4. The van der Waals surface area contributed by atoms with Gasteiger partial charge in [-0.05, 0) is 19.8 Å². The number of hydrogen-bond donors (Lipinski definition) is 3. The summed E-state index contributed by atoms with van der Waals surface area (Å²) in [5.41, 5.74) is 0.707. The number of carbonyl (C=O) groups is 2. The van der Waals surface area contributed by atoms with E-state index in [0.717, 1.165) is 11.3 Å². The number of rotatable bonds is 4. The van der Waals surface area contributed by atoms with Crippen molar-refractivity contribution in [2.24, 2.45) is 7.05 Å². The SMILES string of the molecule is Cc1nn(C)cc1CNC(=O)NC1(C(=O)O)CC1. The van der Waals surface area contributed by atoms with Crippen LogP contribution < -0.4 is 10.6 Å². The van der Waals surface area contributed by atoms with Crippen molar-refractivity contribution in [1.29, 1.82) is 0 Å². The fourth-order valence-electron chi connectivity index (χ4n) is 1.78. The lowest BCUT2D eigenvalue weighted by Crippen LogP contribution is -2.47. The van der Waals surface area contributed by atoms with Crippen molar-refractivity contribution >= 4 is 12.0 Å². The molecule has 1 heterocycles. The van der Waals surface area contributed by atoms with Crippen molar-refractivity contribution in [2.45, 2.75) is 31.8 Å². The highest BCUT2D eigenvalue weighted by Crippen LogP contribution is 2.35. The topological polar surface area (TPSA) is 96.3 Å². The number of nitrogens with one attached hydrogen (secondary N) is 2. The van der Waals surface area contributed by atoms with Gasteiger partial charge in [0, 0.05) is 25.4 Å². The summed E-state index contributed by atoms with van der Waals surface area (Å²) in [6.45, 7) is 2.19. The maximum Gasteiger partial charge on any atom is 0.329 e. The number of urea groups is 1. The number of nitrogens with zero attached hydrogens (tertiary/aromatic N) is 2. The first-order valence-electron chi connectivity index (χ1n) is 5.71. The summed E-state index contributed by atoms with van der Waals surface area (Å²) in [4.78, 5) is 22.5. The number of aliphatic carboxylic acids is 1. The van der Waals surface area contributed by atoms with Gasteiger partial charge >= 0.3 is 12.0 Å². The van der Waals surface area contributed by atoms with Crippen molar-refractivity contribution < 1.29 is 14.7 Å². The normalized spacial score (nSPS) is 16.1. The van der Waals surface area contributed by atoms with Gasteiger partial charge in [0.2, 0.25) is 0 Å². The third-order valence-electron chi connectivity index (χ3n) is 3.07. The molecule has 2 amide bonds. The molecule has 7 nitrogen and oxygen atoms in total. The first kappa shape index (κ1) is 12.4. The number of hydrogen-bond acceptors (Lipinski definition) is 3. The summed E-state index contributed by atoms with van der Waals surface area (Å²) < 4.78 is 1.67. The van der Waals surface area contributed by atoms with E-state index < -0.39 is 17.5 Å². The lowest BCUT2D eigenvalue weighted by molar-refractivity contribution is -0.140. The van der Waals surface area contributed by atoms with Crippen LogP contribution in [0.2, 0.25) is 0 Å². The van der Waals surface area contributed by atoms with Gasteiger partial charge in [0.05, 0.1) is 5.69 Å². The van der Waals surface area contributed by atoms with Crippen molar-refractivity contribution in [1.82, 2.24) is 20.4 Å². The predicted octanol–water partition coefficient (Wildman–Crippen LogP) is 0.145. The molecule has 0 unspecified atom stereocenters. The van der Waals surface area contributed by atoms with Gasteiger partial charge in [-0.15, -0.1) is 0 Å². The van der Waals surface area contributed by atoms with E-state index in [4.69, 9.17) is 5.11 Å². The maximum atomic E-state index is 11.6. The molecule has 98 valence electrons. The van der Waals surface area contributed by atoms with E-state index in [1.165, 1.54) is 0 Å². The Hall–Kier alpha value is -2.05. The number of amides is 2. The molecule has 0 bridgehead atoms. The van der Waals surface area contributed by atoms with Crippen LogP contribution in [0.15, 0.2) is 6.20 Å². The average Bonchev–Trinajstić information content (AvgIpc) is 2.97. The molecule has 0 radical (unpaired) electrons. The first-order valence-corrected chi connectivity index (χ1v) is 5.71. The summed E-state index contributed by atoms with van der Waals surface area (Å²) in [5.74, 6) is -0.977. The molecule has 1 saturated carbocycles. The smallest absolute Gasteiger partial charge is 0.329 e. The molecule has 0 spiro atoms. The molecule has 0 atom stereocenters. The summed E-state index contributed by atoms with van der Waals surface area (Å²) in [6.07, 6.45) is 2.79. The summed E-state index contributed by atoms with van der Waals surface area (Å²) in [6, 6.07) is -0.460. The quantitative estimate of drug-likeness (QED) is 0.710. The Labute approximate surface area is 104 Å². The van der Waals surface area contributed by atoms with E-state index in [1.54, 1.807) is 11.7 Å². The molecule has 3 N–H and O–H groups in total. The van der Waals surface area contributed by atoms with Gasteiger partial charge in [0.1, 0.15) is 5.54 Å². The molecule has 1 fully saturated rings. The summed E-state index contributed by atoms with van der Waals surface area (Å²) in [7, 11) is 1.81. The second-order valence-electron chi connectivity index (χ2n) is 4.61. The Balaban J connectivity index is 1.86. The van der Waals surface area contributed by atoms with Crippen LogP contribution in [0.5, 0.6) is 0 Å². The fraction of sp³-hybridized carbons (Fsp3) is 0.545. The number of carboxylic acids is 1. The predicted molar refractivity (Wildman–Crippen MR) is 62.9 cm³/mol. The molecule has 7 heteroatoms. The van der Waals surface area contributed by atoms with Crippen LogP contribution in [0.25, 0.3) is 0 Å². The van der Waals surface area contributed by atoms with E-state index in [0.29, 0.717) is 19.4 Å². The van der Waals surface area contributed by atoms with Gasteiger partial charge in [0.15, 0.2) is 0 Å². The minimum atomic E-state index is -1.05. The highest BCUT2D eigenvalue weighted by molar-refractivity contribution is 5.88. The molecule has 0 aromatic carbocycles. The van der Waals surface area contributed by atoms with Crippen LogP contribution >= 0.6 is 0 Å². The Morgan fingerprint density at radius 2 is 2.22 bits per heavy atom. The molecular formula is C11H16N4O3. The second kappa shape index (κ2) is 4.32. The minimum Gasteiger partial charge on any atom is -0.480 e. The fourth-order valence-corrected chi connectivity index (χ4v) is 1.78. The lowest BCUT2D eigenvalue weighted by Gasteiger charge is -2.13. The van der Waals surface area contributed by atoms with E-state index in [9.17, 15) is 9.59 Å². The number of aromatic nitrogens is 2. The average molecular weight is 252 g/mol. The van der Waals surface area contributed by atoms with Gasteiger partial charge < -0.3 is 15.7 Å². The van der Waals surface area contributed by atoms with Crippen LogP contribution in [0, 0.1) is 6.92 Å². The van der Waals surface area contributed by atoms with Crippen LogP contribution in [-0.2, 0) is 18.4 Å². The third-order valence-corrected chi connectivity index (χ3v) is 3.07. The Kier molecular flexibility index (Phi) is 2.98. The van der Waals surface area contributed by atoms with E-state index in [2.05, 4.69) is 15.7 Å². The maximum absolute atomic E-state index is 11.6. The zero-order valence-electron chi connectivity index (χ0n) is 10.4. The standard InChI is InChI=1S/C11H16N4O3/c1-7-8(6-15(2)14-7)5-12-10(18)13-11(3-4-11)9(16)17/h6H,3-5H2,1-2H3,(H,16,17)(H2,12,13,18). The molecular weight excluding hydrogens is 236 g/mol. The van der Waals surface area contributed by atoms with Gasteiger partial charge in [-0.3, -0.25) is 4.68 Å². The van der Waals surface area contributed by atoms with Crippen molar-refractivity contribution in [2.75, 3.05) is 0 Å². The third kappa shape index (κ3) is 2.44. The van der Waals surface area contributed by atoms with E-state index in [-0.39, 0.29) is 0 Å². The highest BCUT2D eigenvalue weighted by atomic mass is 16.4. The van der Waals surface area contributed by atoms with Gasteiger partial charge in [0.25, 0.3) is 0 Å².